The van der Waals surface area contributed by atoms with E-state index < -0.39 is 28.8 Å². The maximum Gasteiger partial charge on any atom is 0.416 e. The van der Waals surface area contributed by atoms with Crippen LogP contribution in [0.15, 0.2) is 59.4 Å². The molecule has 0 aliphatic carbocycles. The highest BCUT2D eigenvalue weighted by molar-refractivity contribution is 6.31. The topological polar surface area (TPSA) is 67.2 Å². The molecule has 174 valence electrons. The lowest BCUT2D eigenvalue weighted by Crippen LogP contribution is -2.37. The minimum Gasteiger partial charge on any atom is -0.349 e. The van der Waals surface area contributed by atoms with Gasteiger partial charge in [0.15, 0.2) is 5.69 Å². The van der Waals surface area contributed by atoms with Crippen LogP contribution in [0.25, 0.3) is 5.69 Å². The van der Waals surface area contributed by atoms with Crippen molar-refractivity contribution >= 4 is 17.5 Å². The Morgan fingerprint density at radius 1 is 1.15 bits per heavy atom. The van der Waals surface area contributed by atoms with Gasteiger partial charge in [-0.25, -0.2) is 4.68 Å². The molecule has 1 aromatic heterocycles. The number of benzene rings is 2. The van der Waals surface area contributed by atoms with Crippen LogP contribution in [-0.2, 0) is 6.18 Å². The Kier molecular flexibility index (Phi) is 7.24. The van der Waals surface area contributed by atoms with Crippen molar-refractivity contribution in [3.8, 4) is 5.69 Å². The number of nitrogens with zero attached hydrogens (tertiary/aromatic N) is 3. The van der Waals surface area contributed by atoms with E-state index in [4.69, 9.17) is 11.6 Å². The van der Waals surface area contributed by atoms with Gasteiger partial charge in [-0.15, -0.1) is 0 Å². The Morgan fingerprint density at radius 3 is 2.48 bits per heavy atom. The van der Waals surface area contributed by atoms with Gasteiger partial charge in [0.2, 0.25) is 5.43 Å². The van der Waals surface area contributed by atoms with Gasteiger partial charge in [0.25, 0.3) is 5.91 Å². The Balaban J connectivity index is 1.90. The summed E-state index contributed by atoms with van der Waals surface area (Å²) < 4.78 is 40.5. The lowest BCUT2D eigenvalue weighted by molar-refractivity contribution is -0.137. The normalized spacial score (nSPS) is 12.6. The van der Waals surface area contributed by atoms with Crippen LogP contribution >= 0.6 is 11.6 Å². The number of alkyl halides is 3. The highest BCUT2D eigenvalue weighted by Gasteiger charge is 2.30. The number of nitrogens with one attached hydrogen (secondary N) is 1. The highest BCUT2D eigenvalue weighted by atomic mass is 35.5. The number of carbonyl (C=O) groups excluding carboxylic acids is 1. The van der Waals surface area contributed by atoms with Gasteiger partial charge in [0.05, 0.1) is 17.3 Å². The maximum absolute atomic E-state index is 13.1. The molecule has 0 saturated carbocycles. The first kappa shape index (κ1) is 24.5. The molecular weight excluding hydrogens is 457 g/mol. The number of halogens is 4. The predicted molar refractivity (Wildman–Crippen MR) is 120 cm³/mol. The number of likely N-dealkylation sites (N-methyl/N-ethyl adjacent to an activating group) is 1. The van der Waals surface area contributed by atoms with E-state index in [1.54, 1.807) is 12.1 Å². The summed E-state index contributed by atoms with van der Waals surface area (Å²) in [7, 11) is 3.65. The van der Waals surface area contributed by atoms with E-state index in [9.17, 15) is 22.8 Å². The highest BCUT2D eigenvalue weighted by Crippen LogP contribution is 2.30. The number of aryl methyl sites for hydroxylation is 1. The van der Waals surface area contributed by atoms with Crippen molar-refractivity contribution in [2.75, 3.05) is 20.6 Å². The van der Waals surface area contributed by atoms with Crippen molar-refractivity contribution in [3.63, 3.8) is 0 Å². The summed E-state index contributed by atoms with van der Waals surface area (Å²) in [6, 6.07) is 12.6. The first-order valence-corrected chi connectivity index (χ1v) is 10.3. The fourth-order valence-electron chi connectivity index (χ4n) is 3.37. The standard InChI is InChI=1S/C23H22ClF3N4O2/c1-14-11-20(32)21(29-31(14)16-8-6-7-15(12-16)23(25,26)27)22(33)28-13-19(30(2)3)17-9-4-5-10-18(17)24/h4-12,19H,13H2,1-3H3,(H,28,33). The molecule has 0 spiro atoms. The van der Waals surface area contributed by atoms with Gasteiger partial charge < -0.3 is 10.2 Å². The molecule has 2 aromatic carbocycles. The molecule has 0 bridgehead atoms. The molecule has 0 saturated heterocycles. The zero-order valence-corrected chi connectivity index (χ0v) is 18.9. The van der Waals surface area contributed by atoms with Crippen LogP contribution in [0.2, 0.25) is 5.02 Å². The summed E-state index contributed by atoms with van der Waals surface area (Å²) in [5, 5.41) is 7.28. The molecule has 1 unspecified atom stereocenters. The van der Waals surface area contributed by atoms with E-state index in [0.717, 1.165) is 22.4 Å². The van der Waals surface area contributed by atoms with Gasteiger partial charge >= 0.3 is 6.18 Å². The van der Waals surface area contributed by atoms with Crippen LogP contribution in [0, 0.1) is 6.92 Å². The lowest BCUT2D eigenvalue weighted by Gasteiger charge is -2.26. The second kappa shape index (κ2) is 9.76. The van der Waals surface area contributed by atoms with E-state index in [0.29, 0.717) is 5.02 Å². The molecule has 33 heavy (non-hydrogen) atoms. The molecule has 1 amide bonds. The van der Waals surface area contributed by atoms with Crippen LogP contribution in [0.3, 0.4) is 0 Å². The van der Waals surface area contributed by atoms with Crippen LogP contribution < -0.4 is 10.7 Å². The smallest absolute Gasteiger partial charge is 0.349 e. The summed E-state index contributed by atoms with van der Waals surface area (Å²) >= 11 is 6.29. The minimum atomic E-state index is -4.54. The van der Waals surface area contributed by atoms with Crippen molar-refractivity contribution in [2.45, 2.75) is 19.1 Å². The van der Waals surface area contributed by atoms with Gasteiger partial charge in [0, 0.05) is 23.3 Å². The second-order valence-electron chi connectivity index (χ2n) is 7.67. The summed E-state index contributed by atoms with van der Waals surface area (Å²) in [4.78, 5) is 27.1. The van der Waals surface area contributed by atoms with Gasteiger partial charge in [-0.3, -0.25) is 9.59 Å². The molecular formula is C23H22ClF3N4O2. The molecule has 3 aromatic rings. The largest absolute Gasteiger partial charge is 0.416 e. The molecule has 0 aliphatic rings. The molecule has 0 radical (unpaired) electrons. The van der Waals surface area contributed by atoms with Gasteiger partial charge in [-0.2, -0.15) is 18.3 Å². The molecule has 0 fully saturated rings. The molecule has 0 aliphatic heterocycles. The third-order valence-electron chi connectivity index (χ3n) is 5.08. The first-order chi connectivity index (χ1) is 15.5. The zero-order valence-electron chi connectivity index (χ0n) is 18.2. The third kappa shape index (κ3) is 5.61. The van der Waals surface area contributed by atoms with E-state index in [1.165, 1.54) is 25.1 Å². The van der Waals surface area contributed by atoms with E-state index in [1.807, 2.05) is 31.1 Å². The third-order valence-corrected chi connectivity index (χ3v) is 5.43. The second-order valence-corrected chi connectivity index (χ2v) is 8.08. The number of amides is 1. The maximum atomic E-state index is 13.1. The molecule has 1 N–H and O–H groups in total. The SMILES string of the molecule is Cc1cc(=O)c(C(=O)NCC(c2ccccc2Cl)N(C)C)nn1-c1cccc(C(F)(F)F)c1. The molecule has 1 atom stereocenters. The van der Waals surface area contributed by atoms with Gasteiger partial charge in [0.1, 0.15) is 0 Å². The van der Waals surface area contributed by atoms with Gasteiger partial charge in [-0.1, -0.05) is 35.9 Å². The Hall–Kier alpha value is -3.17. The molecule has 1 heterocycles. The van der Waals surface area contributed by atoms with Crippen molar-refractivity contribution in [2.24, 2.45) is 0 Å². The minimum absolute atomic E-state index is 0.0820. The Morgan fingerprint density at radius 2 is 1.85 bits per heavy atom. The summed E-state index contributed by atoms with van der Waals surface area (Å²) in [5.74, 6) is -0.736. The monoisotopic (exact) mass is 478 g/mol. The Bertz CT molecular complexity index is 1220. The average molecular weight is 479 g/mol. The van der Waals surface area contributed by atoms with Crippen LogP contribution in [0.4, 0.5) is 13.2 Å². The van der Waals surface area contributed by atoms with Crippen LogP contribution in [0.5, 0.6) is 0 Å². The molecule has 3 rings (SSSR count). The number of carbonyl (C=O) groups is 1. The fraction of sp³-hybridized carbons (Fsp3) is 0.261. The summed E-state index contributed by atoms with van der Waals surface area (Å²) in [6.45, 7) is 1.66. The Labute approximate surface area is 193 Å². The summed E-state index contributed by atoms with van der Waals surface area (Å²) in [5.41, 5.74) is -0.749. The van der Waals surface area contributed by atoms with E-state index >= 15 is 0 Å². The number of aromatic nitrogens is 2. The molecule has 6 nitrogen and oxygen atoms in total. The predicted octanol–water partition coefficient (Wildman–Crippen LogP) is 4.25. The van der Waals surface area contributed by atoms with Crippen LogP contribution in [0.1, 0.15) is 33.4 Å². The number of hydrogen-bond donors (Lipinski definition) is 1. The fourth-order valence-corrected chi connectivity index (χ4v) is 3.63. The van der Waals surface area contributed by atoms with E-state index in [2.05, 4.69) is 10.4 Å². The van der Waals surface area contributed by atoms with Crippen molar-refractivity contribution < 1.29 is 18.0 Å². The number of hydrogen-bond acceptors (Lipinski definition) is 4. The van der Waals surface area contributed by atoms with Crippen molar-refractivity contribution in [1.82, 2.24) is 20.0 Å². The van der Waals surface area contributed by atoms with E-state index in [-0.39, 0.29) is 24.0 Å². The zero-order chi connectivity index (χ0) is 24.3. The summed E-state index contributed by atoms with van der Waals surface area (Å²) in [6.07, 6.45) is -4.54. The first-order valence-electron chi connectivity index (χ1n) is 9.96. The molecule has 10 heteroatoms. The van der Waals surface area contributed by atoms with Crippen molar-refractivity contribution in [1.29, 1.82) is 0 Å². The number of rotatable bonds is 6. The van der Waals surface area contributed by atoms with Crippen LogP contribution in [-0.4, -0.2) is 41.2 Å². The van der Waals surface area contributed by atoms with Gasteiger partial charge in [-0.05, 0) is 50.8 Å². The van der Waals surface area contributed by atoms with Crippen molar-refractivity contribution in [3.05, 3.63) is 92.4 Å². The average Bonchev–Trinajstić information content (AvgIpc) is 2.74. The lowest BCUT2D eigenvalue weighted by atomic mass is 10.1. The quantitative estimate of drug-likeness (QED) is 0.575.